The number of methoxy groups -OCH3 is 1. The van der Waals surface area contributed by atoms with E-state index in [1.807, 2.05) is 18.2 Å². The molecule has 0 aliphatic carbocycles. The highest BCUT2D eigenvalue weighted by Gasteiger charge is 2.20. The Labute approximate surface area is 128 Å². The Hall–Kier alpha value is -1.27. The van der Waals surface area contributed by atoms with Gasteiger partial charge in [-0.3, -0.25) is 0 Å². The van der Waals surface area contributed by atoms with Crippen LogP contribution in [0.3, 0.4) is 0 Å². The minimum Gasteiger partial charge on any atom is -0.409 e. The quantitative estimate of drug-likeness (QED) is 0.345. The molecule has 0 heterocycles. The molecule has 20 heavy (non-hydrogen) atoms. The highest BCUT2D eigenvalue weighted by Crippen LogP contribution is 2.29. The van der Waals surface area contributed by atoms with E-state index in [4.69, 9.17) is 15.7 Å². The molecule has 0 aromatic heterocycles. The fourth-order valence-corrected chi connectivity index (χ4v) is 2.60. The van der Waals surface area contributed by atoms with Crippen molar-refractivity contribution in [3.63, 3.8) is 0 Å². The Morgan fingerprint density at radius 2 is 2.25 bits per heavy atom. The second-order valence-electron chi connectivity index (χ2n) is 4.56. The van der Waals surface area contributed by atoms with Crippen molar-refractivity contribution >= 4 is 27.5 Å². The van der Waals surface area contributed by atoms with Gasteiger partial charge in [-0.25, -0.2) is 0 Å². The SMILES string of the molecule is CCC(C)N(CCOC)c1cccc(Br)c1/C(N)=N/O. The van der Waals surface area contributed by atoms with E-state index in [1.165, 1.54) is 0 Å². The summed E-state index contributed by atoms with van der Waals surface area (Å²) >= 11 is 3.47. The summed E-state index contributed by atoms with van der Waals surface area (Å²) in [6.07, 6.45) is 0.992. The summed E-state index contributed by atoms with van der Waals surface area (Å²) in [5, 5.41) is 12.1. The van der Waals surface area contributed by atoms with Crippen LogP contribution in [0.4, 0.5) is 5.69 Å². The van der Waals surface area contributed by atoms with E-state index >= 15 is 0 Å². The molecule has 0 amide bonds. The third-order valence-electron chi connectivity index (χ3n) is 3.32. The Morgan fingerprint density at radius 1 is 1.55 bits per heavy atom. The molecule has 1 unspecified atom stereocenters. The molecular formula is C14H22BrN3O2. The normalized spacial score (nSPS) is 13.3. The second kappa shape index (κ2) is 8.11. The summed E-state index contributed by atoms with van der Waals surface area (Å²) in [7, 11) is 1.68. The van der Waals surface area contributed by atoms with Crippen LogP contribution in [0, 0.1) is 0 Å². The van der Waals surface area contributed by atoms with Gasteiger partial charge in [-0.05, 0) is 41.4 Å². The molecule has 6 heteroatoms. The first-order chi connectivity index (χ1) is 9.56. The average molecular weight is 344 g/mol. The molecular weight excluding hydrogens is 322 g/mol. The van der Waals surface area contributed by atoms with Crippen LogP contribution in [0.5, 0.6) is 0 Å². The molecule has 0 fully saturated rings. The van der Waals surface area contributed by atoms with Gasteiger partial charge in [-0.1, -0.05) is 18.1 Å². The van der Waals surface area contributed by atoms with Gasteiger partial charge in [0.2, 0.25) is 0 Å². The summed E-state index contributed by atoms with van der Waals surface area (Å²) < 4.78 is 5.98. The van der Waals surface area contributed by atoms with E-state index in [9.17, 15) is 0 Å². The first-order valence-electron chi connectivity index (χ1n) is 6.58. The number of hydrogen-bond donors (Lipinski definition) is 2. The molecule has 1 aromatic rings. The molecule has 1 atom stereocenters. The van der Waals surface area contributed by atoms with Gasteiger partial charge in [0.1, 0.15) is 0 Å². The van der Waals surface area contributed by atoms with Crippen molar-refractivity contribution in [2.24, 2.45) is 10.9 Å². The van der Waals surface area contributed by atoms with Crippen LogP contribution >= 0.6 is 15.9 Å². The average Bonchev–Trinajstić information content (AvgIpc) is 2.46. The lowest BCUT2D eigenvalue weighted by Crippen LogP contribution is -2.37. The highest BCUT2D eigenvalue weighted by atomic mass is 79.9. The summed E-state index contributed by atoms with van der Waals surface area (Å²) in [4.78, 5) is 2.21. The largest absolute Gasteiger partial charge is 0.409 e. The van der Waals surface area contributed by atoms with E-state index in [-0.39, 0.29) is 5.84 Å². The molecule has 1 rings (SSSR count). The first-order valence-corrected chi connectivity index (χ1v) is 7.38. The van der Waals surface area contributed by atoms with Crippen molar-refractivity contribution in [3.05, 3.63) is 28.2 Å². The fraction of sp³-hybridized carbons (Fsp3) is 0.500. The Balaban J connectivity index is 3.28. The third kappa shape index (κ3) is 3.86. The molecule has 5 nitrogen and oxygen atoms in total. The van der Waals surface area contributed by atoms with Gasteiger partial charge in [-0.2, -0.15) is 0 Å². The number of halogens is 1. The maximum Gasteiger partial charge on any atom is 0.173 e. The fourth-order valence-electron chi connectivity index (χ4n) is 2.04. The lowest BCUT2D eigenvalue weighted by Gasteiger charge is -2.32. The van der Waals surface area contributed by atoms with Crippen LogP contribution in [-0.2, 0) is 4.74 Å². The van der Waals surface area contributed by atoms with Crippen molar-refractivity contribution < 1.29 is 9.94 Å². The van der Waals surface area contributed by atoms with Gasteiger partial charge in [-0.15, -0.1) is 0 Å². The standard InChI is InChI=1S/C14H22BrN3O2/c1-4-10(2)18(8-9-20-3)12-7-5-6-11(15)13(12)14(16)17-19/h5-7,10,19H,4,8-9H2,1-3H3,(H2,16,17). The minimum absolute atomic E-state index is 0.0956. The zero-order valence-electron chi connectivity index (χ0n) is 12.1. The van der Waals surface area contributed by atoms with Gasteiger partial charge < -0.3 is 20.6 Å². The van der Waals surface area contributed by atoms with Gasteiger partial charge in [0.15, 0.2) is 5.84 Å². The molecule has 0 saturated carbocycles. The third-order valence-corrected chi connectivity index (χ3v) is 3.98. The molecule has 0 spiro atoms. The molecule has 1 aromatic carbocycles. The number of rotatable bonds is 7. The van der Waals surface area contributed by atoms with Gasteiger partial charge in [0, 0.05) is 29.9 Å². The van der Waals surface area contributed by atoms with Crippen LogP contribution in [0.15, 0.2) is 27.8 Å². The summed E-state index contributed by atoms with van der Waals surface area (Å²) in [6, 6.07) is 6.11. The van der Waals surface area contributed by atoms with Crippen LogP contribution in [0.25, 0.3) is 0 Å². The molecule has 0 aliphatic rings. The minimum atomic E-state index is 0.0956. The maximum atomic E-state index is 8.99. The molecule has 112 valence electrons. The number of nitrogens with two attached hydrogens (primary N) is 1. The van der Waals surface area contributed by atoms with Crippen LogP contribution in [0.2, 0.25) is 0 Å². The van der Waals surface area contributed by atoms with E-state index in [0.717, 1.165) is 23.1 Å². The van der Waals surface area contributed by atoms with Gasteiger partial charge >= 0.3 is 0 Å². The van der Waals surface area contributed by atoms with Crippen molar-refractivity contribution in [1.82, 2.24) is 0 Å². The van der Waals surface area contributed by atoms with E-state index in [1.54, 1.807) is 7.11 Å². The maximum absolute atomic E-state index is 8.99. The van der Waals surface area contributed by atoms with Crippen molar-refractivity contribution in [3.8, 4) is 0 Å². The van der Waals surface area contributed by atoms with E-state index in [2.05, 4.69) is 39.8 Å². The first kappa shape index (κ1) is 16.8. The Morgan fingerprint density at radius 3 is 2.80 bits per heavy atom. The Kier molecular flexibility index (Phi) is 6.81. The Bertz CT molecular complexity index is 466. The van der Waals surface area contributed by atoms with Crippen molar-refractivity contribution in [2.45, 2.75) is 26.3 Å². The smallest absolute Gasteiger partial charge is 0.173 e. The van der Waals surface area contributed by atoms with E-state index in [0.29, 0.717) is 18.2 Å². The summed E-state index contributed by atoms with van der Waals surface area (Å²) in [5.74, 6) is 0.0956. The predicted octanol–water partition coefficient (Wildman–Crippen LogP) is 2.79. The number of ether oxygens (including phenoxy) is 1. The monoisotopic (exact) mass is 343 g/mol. The number of oxime groups is 1. The van der Waals surface area contributed by atoms with Crippen LogP contribution in [0.1, 0.15) is 25.8 Å². The second-order valence-corrected chi connectivity index (χ2v) is 5.42. The lowest BCUT2D eigenvalue weighted by atomic mass is 10.1. The topological polar surface area (TPSA) is 71.1 Å². The molecule has 0 bridgehead atoms. The van der Waals surface area contributed by atoms with E-state index < -0.39 is 0 Å². The zero-order valence-corrected chi connectivity index (χ0v) is 13.7. The number of hydrogen-bond acceptors (Lipinski definition) is 4. The molecule has 3 N–H and O–H groups in total. The molecule has 0 aliphatic heterocycles. The van der Waals surface area contributed by atoms with Crippen molar-refractivity contribution in [1.29, 1.82) is 0 Å². The number of benzene rings is 1. The van der Waals surface area contributed by atoms with Crippen LogP contribution < -0.4 is 10.6 Å². The lowest BCUT2D eigenvalue weighted by molar-refractivity contribution is 0.203. The van der Waals surface area contributed by atoms with Gasteiger partial charge in [0.25, 0.3) is 0 Å². The highest BCUT2D eigenvalue weighted by molar-refractivity contribution is 9.10. The zero-order chi connectivity index (χ0) is 15.1. The van der Waals surface area contributed by atoms with Crippen LogP contribution in [-0.4, -0.2) is 37.3 Å². The number of nitrogens with zero attached hydrogens (tertiary/aromatic N) is 2. The van der Waals surface area contributed by atoms with Crippen molar-refractivity contribution in [2.75, 3.05) is 25.2 Å². The molecule has 0 radical (unpaired) electrons. The number of anilines is 1. The number of amidine groups is 1. The predicted molar refractivity (Wildman–Crippen MR) is 85.6 cm³/mol. The molecule has 0 saturated heterocycles. The summed E-state index contributed by atoms with van der Waals surface area (Å²) in [5.41, 5.74) is 7.45. The summed E-state index contributed by atoms with van der Waals surface area (Å²) in [6.45, 7) is 5.64. The van der Waals surface area contributed by atoms with Gasteiger partial charge in [0.05, 0.1) is 12.2 Å².